The van der Waals surface area contributed by atoms with Gasteiger partial charge in [-0.3, -0.25) is 4.79 Å². The normalized spacial score (nSPS) is 10.2. The zero-order valence-electron chi connectivity index (χ0n) is 7.03. The van der Waals surface area contributed by atoms with E-state index in [4.69, 9.17) is 0 Å². The summed E-state index contributed by atoms with van der Waals surface area (Å²) in [6, 6.07) is 9.05. The average Bonchev–Trinajstić information content (AvgIpc) is 2.16. The quantitative estimate of drug-likeness (QED) is 0.758. The highest BCUT2D eigenvalue weighted by atomic mass is 19.1. The van der Waals surface area contributed by atoms with Gasteiger partial charge in [0.25, 0.3) is 0 Å². The molecule has 0 aliphatic carbocycles. The third-order valence-electron chi connectivity index (χ3n) is 1.45. The first-order chi connectivity index (χ1) is 6.33. The first-order valence-corrected chi connectivity index (χ1v) is 3.93. The maximum absolute atomic E-state index is 11.5. The van der Waals surface area contributed by atoms with E-state index in [1.807, 2.05) is 18.2 Å². The fourth-order valence-corrected chi connectivity index (χ4v) is 0.885. The molecule has 1 rings (SSSR count). The van der Waals surface area contributed by atoms with Gasteiger partial charge in [-0.15, -0.1) is 0 Å². The predicted molar refractivity (Wildman–Crippen MR) is 49.9 cm³/mol. The molecule has 3 heteroatoms. The second-order valence-electron chi connectivity index (χ2n) is 2.48. The van der Waals surface area contributed by atoms with Crippen LogP contribution in [0.3, 0.4) is 0 Å². The van der Waals surface area contributed by atoms with Crippen molar-refractivity contribution in [1.82, 2.24) is 0 Å². The van der Waals surface area contributed by atoms with Crippen molar-refractivity contribution in [3.8, 4) is 0 Å². The fourth-order valence-electron chi connectivity index (χ4n) is 0.885. The zero-order chi connectivity index (χ0) is 9.52. The lowest BCUT2D eigenvalue weighted by molar-refractivity contribution is -0.115. The third kappa shape index (κ3) is 3.51. The van der Waals surface area contributed by atoms with Crippen molar-refractivity contribution in [2.75, 3.05) is 5.32 Å². The van der Waals surface area contributed by atoms with Crippen LogP contribution >= 0.6 is 0 Å². The van der Waals surface area contributed by atoms with Crippen LogP contribution < -0.4 is 5.32 Å². The largest absolute Gasteiger partial charge is 0.326 e. The van der Waals surface area contributed by atoms with Gasteiger partial charge in [-0.2, -0.15) is 0 Å². The van der Waals surface area contributed by atoms with E-state index in [0.29, 0.717) is 6.33 Å². The SMILES string of the molecule is O=C(C/C=C\F)Nc1ccccc1. The Morgan fingerprint density at radius 2 is 2.08 bits per heavy atom. The summed E-state index contributed by atoms with van der Waals surface area (Å²) in [5, 5.41) is 2.62. The molecule has 0 aromatic heterocycles. The summed E-state index contributed by atoms with van der Waals surface area (Å²) >= 11 is 0. The maximum Gasteiger partial charge on any atom is 0.228 e. The summed E-state index contributed by atoms with van der Waals surface area (Å²) in [6.07, 6.45) is 1.59. The molecule has 1 aromatic rings. The number of anilines is 1. The van der Waals surface area contributed by atoms with Crippen LogP contribution in [0.5, 0.6) is 0 Å². The molecule has 0 saturated carbocycles. The molecule has 1 amide bonds. The zero-order valence-corrected chi connectivity index (χ0v) is 7.03. The van der Waals surface area contributed by atoms with Crippen LogP contribution in [-0.4, -0.2) is 5.91 Å². The Labute approximate surface area is 76.1 Å². The lowest BCUT2D eigenvalue weighted by atomic mass is 10.3. The molecule has 0 saturated heterocycles. The van der Waals surface area contributed by atoms with E-state index < -0.39 is 0 Å². The summed E-state index contributed by atoms with van der Waals surface area (Å²) in [5.41, 5.74) is 0.722. The Balaban J connectivity index is 2.46. The van der Waals surface area contributed by atoms with Gasteiger partial charge in [-0.25, -0.2) is 4.39 Å². The molecular weight excluding hydrogens is 169 g/mol. The number of rotatable bonds is 3. The van der Waals surface area contributed by atoms with E-state index in [1.54, 1.807) is 12.1 Å². The molecule has 0 fully saturated rings. The second kappa shape index (κ2) is 5.09. The Bertz CT molecular complexity index is 295. The number of hydrogen-bond acceptors (Lipinski definition) is 1. The fraction of sp³-hybridized carbons (Fsp3) is 0.100. The van der Waals surface area contributed by atoms with E-state index >= 15 is 0 Å². The van der Waals surface area contributed by atoms with Crippen LogP contribution in [0.1, 0.15) is 6.42 Å². The van der Waals surface area contributed by atoms with Gasteiger partial charge >= 0.3 is 0 Å². The highest BCUT2D eigenvalue weighted by Crippen LogP contribution is 2.05. The summed E-state index contributed by atoms with van der Waals surface area (Å²) < 4.78 is 11.5. The van der Waals surface area contributed by atoms with Crippen molar-refractivity contribution in [3.63, 3.8) is 0 Å². The molecule has 0 atom stereocenters. The number of halogens is 1. The minimum Gasteiger partial charge on any atom is -0.326 e. The van der Waals surface area contributed by atoms with Crippen LogP contribution in [0.15, 0.2) is 42.7 Å². The first kappa shape index (κ1) is 9.45. The van der Waals surface area contributed by atoms with Crippen LogP contribution in [0.25, 0.3) is 0 Å². The molecule has 1 N–H and O–H groups in total. The molecule has 2 nitrogen and oxygen atoms in total. The Kier molecular flexibility index (Phi) is 3.70. The minimum atomic E-state index is -0.222. The van der Waals surface area contributed by atoms with Crippen LogP contribution in [0.2, 0.25) is 0 Å². The minimum absolute atomic E-state index is 0.0609. The molecule has 13 heavy (non-hydrogen) atoms. The molecule has 0 spiro atoms. The topological polar surface area (TPSA) is 29.1 Å². The Hall–Kier alpha value is -1.64. The van der Waals surface area contributed by atoms with E-state index in [0.717, 1.165) is 11.8 Å². The number of carbonyl (C=O) groups is 1. The number of hydrogen-bond donors (Lipinski definition) is 1. The van der Waals surface area contributed by atoms with Crippen molar-refractivity contribution >= 4 is 11.6 Å². The van der Waals surface area contributed by atoms with Gasteiger partial charge in [0, 0.05) is 12.1 Å². The highest BCUT2D eigenvalue weighted by Gasteiger charge is 1.97. The number of para-hydroxylation sites is 1. The molecule has 0 bridgehead atoms. The van der Waals surface area contributed by atoms with E-state index in [9.17, 15) is 9.18 Å². The van der Waals surface area contributed by atoms with Crippen molar-refractivity contribution in [1.29, 1.82) is 0 Å². The van der Waals surface area contributed by atoms with Crippen molar-refractivity contribution in [2.24, 2.45) is 0 Å². The predicted octanol–water partition coefficient (Wildman–Crippen LogP) is 2.50. The molecule has 1 aromatic carbocycles. The van der Waals surface area contributed by atoms with Gasteiger partial charge in [0.05, 0.1) is 6.33 Å². The van der Waals surface area contributed by atoms with Gasteiger partial charge in [-0.05, 0) is 18.2 Å². The van der Waals surface area contributed by atoms with Crippen molar-refractivity contribution in [2.45, 2.75) is 6.42 Å². The Morgan fingerprint density at radius 1 is 1.38 bits per heavy atom. The monoisotopic (exact) mass is 179 g/mol. The lowest BCUT2D eigenvalue weighted by Crippen LogP contribution is -2.09. The molecule has 0 aliphatic heterocycles. The van der Waals surface area contributed by atoms with Gasteiger partial charge in [0.1, 0.15) is 0 Å². The summed E-state index contributed by atoms with van der Waals surface area (Å²) in [5.74, 6) is -0.222. The summed E-state index contributed by atoms with van der Waals surface area (Å²) in [7, 11) is 0. The van der Waals surface area contributed by atoms with Crippen LogP contribution in [0.4, 0.5) is 10.1 Å². The van der Waals surface area contributed by atoms with Gasteiger partial charge in [0.2, 0.25) is 5.91 Å². The molecule has 0 aliphatic rings. The molecule has 0 radical (unpaired) electrons. The van der Waals surface area contributed by atoms with Gasteiger partial charge < -0.3 is 5.32 Å². The second-order valence-corrected chi connectivity index (χ2v) is 2.48. The Morgan fingerprint density at radius 3 is 2.69 bits per heavy atom. The standard InChI is InChI=1S/C10H10FNO/c11-8-4-7-10(13)12-9-5-2-1-3-6-9/h1-6,8H,7H2,(H,12,13)/b8-4-. The smallest absolute Gasteiger partial charge is 0.228 e. The van der Waals surface area contributed by atoms with Crippen molar-refractivity contribution < 1.29 is 9.18 Å². The summed E-state index contributed by atoms with van der Waals surface area (Å²) in [6.45, 7) is 0. The number of benzene rings is 1. The highest BCUT2D eigenvalue weighted by molar-refractivity contribution is 5.91. The van der Waals surface area contributed by atoms with Gasteiger partial charge in [0.15, 0.2) is 0 Å². The summed E-state index contributed by atoms with van der Waals surface area (Å²) in [4.78, 5) is 11.0. The molecule has 0 heterocycles. The van der Waals surface area contributed by atoms with Crippen LogP contribution in [0, 0.1) is 0 Å². The van der Waals surface area contributed by atoms with Crippen molar-refractivity contribution in [3.05, 3.63) is 42.7 Å². The number of amides is 1. The third-order valence-corrected chi connectivity index (χ3v) is 1.45. The molecular formula is C10H10FNO. The number of carbonyl (C=O) groups excluding carboxylic acids is 1. The maximum atomic E-state index is 11.5. The molecule has 0 unspecified atom stereocenters. The lowest BCUT2D eigenvalue weighted by Gasteiger charge is -2.01. The van der Waals surface area contributed by atoms with E-state index in [-0.39, 0.29) is 12.3 Å². The van der Waals surface area contributed by atoms with E-state index in [2.05, 4.69) is 5.32 Å². The first-order valence-electron chi connectivity index (χ1n) is 3.93. The average molecular weight is 179 g/mol. The molecule has 68 valence electrons. The number of nitrogens with one attached hydrogen (secondary N) is 1. The van der Waals surface area contributed by atoms with E-state index in [1.165, 1.54) is 0 Å². The van der Waals surface area contributed by atoms with Crippen LogP contribution in [-0.2, 0) is 4.79 Å². The van der Waals surface area contributed by atoms with Gasteiger partial charge in [-0.1, -0.05) is 18.2 Å².